The molecule has 0 nitrogen and oxygen atoms in total. The molecule has 0 aliphatic heterocycles. The Labute approximate surface area is 156 Å². The summed E-state index contributed by atoms with van der Waals surface area (Å²) in [6.07, 6.45) is 6.95. The molecule has 0 spiro atoms. The van der Waals surface area contributed by atoms with Crippen molar-refractivity contribution in [1.82, 2.24) is 0 Å². The largest absolute Gasteiger partial charge is 0.0990 e. The van der Waals surface area contributed by atoms with E-state index in [0.717, 1.165) is 25.7 Å². The first-order valence-corrected chi connectivity index (χ1v) is 9.87. The molecule has 5 rings (SSSR count). The van der Waals surface area contributed by atoms with Crippen molar-refractivity contribution in [2.75, 3.05) is 0 Å². The van der Waals surface area contributed by atoms with E-state index in [0.29, 0.717) is 5.92 Å². The summed E-state index contributed by atoms with van der Waals surface area (Å²) in [6, 6.07) is 13.5. The van der Waals surface area contributed by atoms with Crippen LogP contribution in [0.1, 0.15) is 44.2 Å². The average Bonchev–Trinajstić information content (AvgIpc) is 3.01. The Kier molecular flexibility index (Phi) is 3.26. The molecule has 2 atom stereocenters. The van der Waals surface area contributed by atoms with E-state index in [-0.39, 0.29) is 5.41 Å². The van der Waals surface area contributed by atoms with Crippen molar-refractivity contribution in [3.05, 3.63) is 89.1 Å². The number of hydrogen-bond donors (Lipinski definition) is 0. The SMILES string of the molecule is C=C1C2=C(C=C3c4cc5ccccc5cc4CC13)C(C)(CC)C(=C)CC2. The van der Waals surface area contributed by atoms with Gasteiger partial charge in [0.15, 0.2) is 0 Å². The Morgan fingerprint density at radius 2 is 1.81 bits per heavy atom. The summed E-state index contributed by atoms with van der Waals surface area (Å²) >= 11 is 0. The summed E-state index contributed by atoms with van der Waals surface area (Å²) < 4.78 is 0. The van der Waals surface area contributed by atoms with Crippen molar-refractivity contribution >= 4 is 16.3 Å². The van der Waals surface area contributed by atoms with E-state index in [2.05, 4.69) is 69.5 Å². The zero-order valence-electron chi connectivity index (χ0n) is 15.9. The van der Waals surface area contributed by atoms with Gasteiger partial charge in [-0.25, -0.2) is 0 Å². The van der Waals surface area contributed by atoms with Gasteiger partial charge in [0.25, 0.3) is 0 Å². The smallest absolute Gasteiger partial charge is 0.0133 e. The minimum absolute atomic E-state index is 0.0914. The third-order valence-electron chi connectivity index (χ3n) is 7.27. The normalized spacial score (nSPS) is 27.3. The maximum Gasteiger partial charge on any atom is 0.0133 e. The van der Waals surface area contributed by atoms with Crippen LogP contribution in [0, 0.1) is 11.3 Å². The highest BCUT2D eigenvalue weighted by atomic mass is 14.5. The molecule has 2 unspecified atom stereocenters. The topological polar surface area (TPSA) is 0 Å². The Morgan fingerprint density at radius 1 is 1.08 bits per heavy atom. The van der Waals surface area contributed by atoms with Crippen molar-refractivity contribution in [2.24, 2.45) is 11.3 Å². The van der Waals surface area contributed by atoms with Crippen LogP contribution in [0.2, 0.25) is 0 Å². The van der Waals surface area contributed by atoms with E-state index >= 15 is 0 Å². The standard InChI is InChI=1S/C26H26/c1-5-26(4)16(2)10-11-21-17(3)22-14-20-12-18-8-6-7-9-19(18)13-23(20)24(22)15-25(21)26/h6-9,12-13,15,22H,2-3,5,10-11,14H2,1,4H3. The number of fused-ring (bicyclic) bond motifs is 4. The maximum atomic E-state index is 4.59. The van der Waals surface area contributed by atoms with Gasteiger partial charge >= 0.3 is 0 Å². The third kappa shape index (κ3) is 1.96. The summed E-state index contributed by atoms with van der Waals surface area (Å²) in [4.78, 5) is 0. The van der Waals surface area contributed by atoms with E-state index < -0.39 is 0 Å². The molecule has 0 radical (unpaired) electrons. The lowest BCUT2D eigenvalue weighted by molar-refractivity contribution is 0.430. The number of benzene rings is 2. The lowest BCUT2D eigenvalue weighted by atomic mass is 9.62. The molecule has 130 valence electrons. The first kappa shape index (κ1) is 15.9. The molecule has 0 heterocycles. The van der Waals surface area contributed by atoms with Gasteiger partial charge in [-0.1, -0.05) is 69.0 Å². The second kappa shape index (κ2) is 5.33. The fraction of sp³-hybridized carbons (Fsp3) is 0.308. The second-order valence-corrected chi connectivity index (χ2v) is 8.42. The van der Waals surface area contributed by atoms with Crippen LogP contribution in [-0.4, -0.2) is 0 Å². The van der Waals surface area contributed by atoms with Gasteiger partial charge < -0.3 is 0 Å². The predicted molar refractivity (Wildman–Crippen MR) is 112 cm³/mol. The van der Waals surface area contributed by atoms with Crippen molar-refractivity contribution in [3.63, 3.8) is 0 Å². The van der Waals surface area contributed by atoms with E-state index in [4.69, 9.17) is 0 Å². The summed E-state index contributed by atoms with van der Waals surface area (Å²) in [5.74, 6) is 0.466. The van der Waals surface area contributed by atoms with Gasteiger partial charge in [-0.05, 0) is 75.9 Å². The molecule has 3 aliphatic carbocycles. The molecule has 0 aromatic heterocycles. The molecule has 0 bridgehead atoms. The number of allylic oxidation sites excluding steroid dienone is 6. The van der Waals surface area contributed by atoms with Crippen LogP contribution in [0.25, 0.3) is 16.3 Å². The number of rotatable bonds is 1. The van der Waals surface area contributed by atoms with Crippen LogP contribution in [0.15, 0.2) is 77.9 Å². The van der Waals surface area contributed by atoms with Crippen LogP contribution < -0.4 is 0 Å². The molecule has 0 saturated heterocycles. The van der Waals surface area contributed by atoms with Gasteiger partial charge in [-0.2, -0.15) is 0 Å². The van der Waals surface area contributed by atoms with E-state index in [1.165, 1.54) is 49.8 Å². The lowest BCUT2D eigenvalue weighted by Gasteiger charge is -2.42. The zero-order chi connectivity index (χ0) is 18.1. The molecule has 0 heteroatoms. The first-order chi connectivity index (χ1) is 12.5. The van der Waals surface area contributed by atoms with Gasteiger partial charge in [-0.15, -0.1) is 0 Å². The van der Waals surface area contributed by atoms with Crippen LogP contribution in [0.5, 0.6) is 0 Å². The summed E-state index contributed by atoms with van der Waals surface area (Å²) in [6.45, 7) is 13.7. The van der Waals surface area contributed by atoms with E-state index in [1.807, 2.05) is 0 Å². The van der Waals surface area contributed by atoms with E-state index in [9.17, 15) is 0 Å². The second-order valence-electron chi connectivity index (χ2n) is 8.42. The zero-order valence-corrected chi connectivity index (χ0v) is 15.9. The Bertz CT molecular complexity index is 1040. The average molecular weight is 338 g/mol. The van der Waals surface area contributed by atoms with Crippen molar-refractivity contribution in [2.45, 2.75) is 39.5 Å². The van der Waals surface area contributed by atoms with Crippen molar-refractivity contribution < 1.29 is 0 Å². The highest BCUT2D eigenvalue weighted by molar-refractivity contribution is 5.92. The highest BCUT2D eigenvalue weighted by Gasteiger charge is 2.41. The van der Waals surface area contributed by atoms with Gasteiger partial charge in [0.1, 0.15) is 0 Å². The van der Waals surface area contributed by atoms with Gasteiger partial charge in [0.05, 0.1) is 0 Å². The minimum atomic E-state index is 0.0914. The Hall–Kier alpha value is -2.34. The predicted octanol–water partition coefficient (Wildman–Crippen LogP) is 7.03. The third-order valence-corrected chi connectivity index (χ3v) is 7.27. The highest BCUT2D eigenvalue weighted by Crippen LogP contribution is 2.56. The van der Waals surface area contributed by atoms with E-state index in [1.54, 1.807) is 0 Å². The lowest BCUT2D eigenvalue weighted by Crippen LogP contribution is -2.28. The fourth-order valence-corrected chi connectivity index (χ4v) is 5.33. The quantitative estimate of drug-likeness (QED) is 0.490. The van der Waals surface area contributed by atoms with Gasteiger partial charge in [-0.3, -0.25) is 0 Å². The molecule has 0 N–H and O–H groups in total. The maximum absolute atomic E-state index is 4.59. The fourth-order valence-electron chi connectivity index (χ4n) is 5.33. The molecule has 2 aromatic rings. The van der Waals surface area contributed by atoms with Crippen LogP contribution >= 0.6 is 0 Å². The molecule has 0 amide bonds. The Balaban J connectivity index is 1.73. The van der Waals surface area contributed by atoms with Crippen LogP contribution in [-0.2, 0) is 6.42 Å². The van der Waals surface area contributed by atoms with Crippen molar-refractivity contribution in [1.29, 1.82) is 0 Å². The molecular weight excluding hydrogens is 312 g/mol. The molecule has 26 heavy (non-hydrogen) atoms. The molecule has 0 fully saturated rings. The molecular formula is C26H26. The van der Waals surface area contributed by atoms with Crippen LogP contribution in [0.3, 0.4) is 0 Å². The van der Waals surface area contributed by atoms with Crippen molar-refractivity contribution in [3.8, 4) is 0 Å². The summed E-state index contributed by atoms with van der Waals surface area (Å²) in [5, 5.41) is 2.69. The summed E-state index contributed by atoms with van der Waals surface area (Å²) in [7, 11) is 0. The monoisotopic (exact) mass is 338 g/mol. The minimum Gasteiger partial charge on any atom is -0.0990 e. The molecule has 3 aliphatic rings. The van der Waals surface area contributed by atoms with Crippen LogP contribution in [0.4, 0.5) is 0 Å². The molecule has 0 saturated carbocycles. The van der Waals surface area contributed by atoms with Gasteiger partial charge in [0.2, 0.25) is 0 Å². The Morgan fingerprint density at radius 3 is 2.54 bits per heavy atom. The molecule has 2 aromatic carbocycles. The summed E-state index contributed by atoms with van der Waals surface area (Å²) in [5.41, 5.74) is 10.3. The van der Waals surface area contributed by atoms with Gasteiger partial charge in [0, 0.05) is 11.3 Å². The number of hydrogen-bond acceptors (Lipinski definition) is 0. The first-order valence-electron chi connectivity index (χ1n) is 9.87.